The van der Waals surface area contributed by atoms with Crippen LogP contribution in [0.4, 0.5) is 15.9 Å². The third-order valence-corrected chi connectivity index (χ3v) is 5.11. The lowest BCUT2D eigenvalue weighted by Crippen LogP contribution is -2.17. The van der Waals surface area contributed by atoms with E-state index >= 15 is 0 Å². The van der Waals surface area contributed by atoms with Crippen molar-refractivity contribution in [1.82, 2.24) is 24.7 Å². The van der Waals surface area contributed by atoms with E-state index in [1.54, 1.807) is 36.7 Å². The standard InChI is InChI=1S/C24H23FN8O2/c1-14(2)33-13-28-32-22(33)19-4-3-5-21(30-19)31-23(34)17-11-16(6-7-18(17)25)29-24(35)20-10-15(12-26)8-9-27-20/h3-11,13-14H,12,26H2,1-2H3,(H,29,35)(H,30,31,34). The minimum Gasteiger partial charge on any atom is -0.326 e. The molecule has 178 valence electrons. The van der Waals surface area contributed by atoms with Gasteiger partial charge >= 0.3 is 0 Å². The van der Waals surface area contributed by atoms with Crippen molar-refractivity contribution < 1.29 is 14.0 Å². The monoisotopic (exact) mass is 474 g/mol. The number of nitrogens with two attached hydrogens (primary N) is 1. The number of carbonyl (C=O) groups excluding carboxylic acids is 2. The van der Waals surface area contributed by atoms with Gasteiger partial charge < -0.3 is 20.9 Å². The number of pyridine rings is 2. The summed E-state index contributed by atoms with van der Waals surface area (Å²) >= 11 is 0. The molecule has 2 amide bonds. The average molecular weight is 475 g/mol. The van der Waals surface area contributed by atoms with Crippen LogP contribution in [0.2, 0.25) is 0 Å². The predicted octanol–water partition coefficient (Wildman–Crippen LogP) is 3.42. The number of nitrogens with zero attached hydrogens (tertiary/aromatic N) is 5. The van der Waals surface area contributed by atoms with Gasteiger partial charge in [-0.2, -0.15) is 0 Å². The first kappa shape index (κ1) is 23.6. The van der Waals surface area contributed by atoms with E-state index in [9.17, 15) is 14.0 Å². The first-order valence-electron chi connectivity index (χ1n) is 10.8. The summed E-state index contributed by atoms with van der Waals surface area (Å²) in [6.45, 7) is 4.23. The zero-order valence-electron chi connectivity index (χ0n) is 19.1. The van der Waals surface area contributed by atoms with Crippen LogP contribution in [0.5, 0.6) is 0 Å². The Morgan fingerprint density at radius 1 is 1.09 bits per heavy atom. The van der Waals surface area contributed by atoms with Crippen LogP contribution in [0, 0.1) is 5.82 Å². The van der Waals surface area contributed by atoms with Gasteiger partial charge in [0.05, 0.1) is 5.56 Å². The Hall–Kier alpha value is -4.51. The zero-order chi connectivity index (χ0) is 24.9. The predicted molar refractivity (Wildman–Crippen MR) is 128 cm³/mol. The first-order valence-corrected chi connectivity index (χ1v) is 10.8. The first-order chi connectivity index (χ1) is 16.9. The highest BCUT2D eigenvalue weighted by molar-refractivity contribution is 6.06. The SMILES string of the molecule is CC(C)n1cnnc1-c1cccc(NC(=O)c2cc(NC(=O)c3cc(CN)ccn3)ccc2F)n1. The Kier molecular flexibility index (Phi) is 6.88. The molecule has 0 aliphatic carbocycles. The maximum atomic E-state index is 14.5. The van der Waals surface area contributed by atoms with Crippen molar-refractivity contribution in [2.45, 2.75) is 26.4 Å². The Morgan fingerprint density at radius 3 is 2.69 bits per heavy atom. The van der Waals surface area contributed by atoms with Crippen LogP contribution in [-0.2, 0) is 6.54 Å². The molecule has 0 saturated heterocycles. The topological polar surface area (TPSA) is 141 Å². The molecule has 3 heterocycles. The molecule has 0 spiro atoms. The lowest BCUT2D eigenvalue weighted by atomic mass is 10.1. The van der Waals surface area contributed by atoms with E-state index in [1.165, 1.54) is 18.3 Å². The smallest absolute Gasteiger partial charge is 0.274 e. The summed E-state index contributed by atoms with van der Waals surface area (Å²) in [7, 11) is 0. The molecule has 4 N–H and O–H groups in total. The fourth-order valence-corrected chi connectivity index (χ4v) is 3.31. The third-order valence-electron chi connectivity index (χ3n) is 5.11. The van der Waals surface area contributed by atoms with Crippen molar-refractivity contribution in [3.63, 3.8) is 0 Å². The molecular weight excluding hydrogens is 451 g/mol. The van der Waals surface area contributed by atoms with Crippen LogP contribution in [0.1, 0.15) is 46.3 Å². The van der Waals surface area contributed by atoms with E-state index in [4.69, 9.17) is 5.73 Å². The average Bonchev–Trinajstić information content (AvgIpc) is 3.36. The fraction of sp³-hybridized carbons (Fsp3) is 0.167. The number of halogens is 1. The zero-order valence-corrected chi connectivity index (χ0v) is 19.1. The molecule has 0 saturated carbocycles. The van der Waals surface area contributed by atoms with Gasteiger partial charge in [-0.3, -0.25) is 14.6 Å². The Balaban J connectivity index is 1.53. The van der Waals surface area contributed by atoms with Crippen LogP contribution in [0.3, 0.4) is 0 Å². The summed E-state index contributed by atoms with van der Waals surface area (Å²) in [6.07, 6.45) is 3.08. The van der Waals surface area contributed by atoms with Crippen LogP contribution in [0.15, 0.2) is 61.1 Å². The largest absolute Gasteiger partial charge is 0.326 e. The van der Waals surface area contributed by atoms with E-state index in [0.717, 1.165) is 11.6 Å². The summed E-state index contributed by atoms with van der Waals surface area (Å²) in [5, 5.41) is 13.2. The maximum Gasteiger partial charge on any atom is 0.274 e. The molecule has 4 rings (SSSR count). The molecule has 3 aromatic heterocycles. The van der Waals surface area contributed by atoms with E-state index in [0.29, 0.717) is 11.5 Å². The van der Waals surface area contributed by atoms with Crippen LogP contribution in [0.25, 0.3) is 11.5 Å². The van der Waals surface area contributed by atoms with Crippen molar-refractivity contribution in [3.05, 3.63) is 83.7 Å². The molecule has 0 atom stereocenters. The molecule has 0 aliphatic rings. The van der Waals surface area contributed by atoms with E-state index in [1.807, 2.05) is 18.4 Å². The molecule has 0 aliphatic heterocycles. The quantitative estimate of drug-likeness (QED) is 0.373. The molecule has 35 heavy (non-hydrogen) atoms. The Morgan fingerprint density at radius 2 is 1.91 bits per heavy atom. The van der Waals surface area contributed by atoms with Gasteiger partial charge in [0.2, 0.25) is 0 Å². The van der Waals surface area contributed by atoms with Crippen molar-refractivity contribution in [2.24, 2.45) is 5.73 Å². The molecule has 0 fully saturated rings. The van der Waals surface area contributed by atoms with Crippen LogP contribution in [-0.4, -0.2) is 36.5 Å². The van der Waals surface area contributed by atoms with Gasteiger partial charge in [0.1, 0.15) is 29.4 Å². The molecule has 1 aromatic carbocycles. The number of hydrogen-bond donors (Lipinski definition) is 3. The highest BCUT2D eigenvalue weighted by Crippen LogP contribution is 2.21. The molecule has 10 nitrogen and oxygen atoms in total. The second kappa shape index (κ2) is 10.2. The minimum atomic E-state index is -0.751. The number of rotatable bonds is 7. The van der Waals surface area contributed by atoms with Gasteiger partial charge in [0.25, 0.3) is 11.8 Å². The van der Waals surface area contributed by atoms with E-state index in [-0.39, 0.29) is 35.3 Å². The Labute approximate surface area is 200 Å². The molecule has 0 unspecified atom stereocenters. The third kappa shape index (κ3) is 5.36. The summed E-state index contributed by atoms with van der Waals surface area (Å²) < 4.78 is 16.3. The number of carbonyl (C=O) groups is 2. The highest BCUT2D eigenvalue weighted by Gasteiger charge is 2.17. The van der Waals surface area contributed by atoms with Crippen molar-refractivity contribution in [3.8, 4) is 11.5 Å². The van der Waals surface area contributed by atoms with Gasteiger partial charge in [-0.25, -0.2) is 9.37 Å². The lowest BCUT2D eigenvalue weighted by Gasteiger charge is -2.11. The molecule has 4 aromatic rings. The molecule has 0 bridgehead atoms. The minimum absolute atomic E-state index is 0.111. The number of nitrogens with one attached hydrogen (secondary N) is 2. The highest BCUT2D eigenvalue weighted by atomic mass is 19.1. The van der Waals surface area contributed by atoms with Gasteiger partial charge in [-0.05, 0) is 61.9 Å². The number of anilines is 2. The number of benzene rings is 1. The number of hydrogen-bond acceptors (Lipinski definition) is 7. The molecule has 0 radical (unpaired) electrons. The fourth-order valence-electron chi connectivity index (χ4n) is 3.31. The number of amides is 2. The van der Waals surface area contributed by atoms with Gasteiger partial charge in [0.15, 0.2) is 5.82 Å². The summed E-state index contributed by atoms with van der Waals surface area (Å²) in [6, 6.07) is 12.1. The summed E-state index contributed by atoms with van der Waals surface area (Å²) in [5.41, 5.74) is 6.97. The van der Waals surface area contributed by atoms with E-state index < -0.39 is 17.6 Å². The number of aromatic nitrogens is 5. The van der Waals surface area contributed by atoms with Gasteiger partial charge in [-0.1, -0.05) is 6.07 Å². The maximum absolute atomic E-state index is 14.5. The van der Waals surface area contributed by atoms with Crippen molar-refractivity contribution in [1.29, 1.82) is 0 Å². The second-order valence-corrected chi connectivity index (χ2v) is 7.92. The summed E-state index contributed by atoms with van der Waals surface area (Å²) in [4.78, 5) is 33.8. The normalized spacial score (nSPS) is 10.9. The van der Waals surface area contributed by atoms with Crippen molar-refractivity contribution >= 4 is 23.3 Å². The molecule has 11 heteroatoms. The molecular formula is C24H23FN8O2. The van der Waals surface area contributed by atoms with Crippen molar-refractivity contribution in [2.75, 3.05) is 10.6 Å². The summed E-state index contributed by atoms with van der Waals surface area (Å²) in [5.74, 6) is -1.24. The van der Waals surface area contributed by atoms with Crippen LogP contribution < -0.4 is 16.4 Å². The van der Waals surface area contributed by atoms with Gasteiger partial charge in [0, 0.05) is 24.5 Å². The second-order valence-electron chi connectivity index (χ2n) is 7.92. The van der Waals surface area contributed by atoms with Crippen LogP contribution >= 0.6 is 0 Å². The lowest BCUT2D eigenvalue weighted by molar-refractivity contribution is 0.101. The Bertz CT molecular complexity index is 1390. The van der Waals surface area contributed by atoms with Gasteiger partial charge in [-0.15, -0.1) is 10.2 Å². The van der Waals surface area contributed by atoms with E-state index in [2.05, 4.69) is 30.8 Å².